The summed E-state index contributed by atoms with van der Waals surface area (Å²) >= 11 is 0. The number of aromatic nitrogens is 3. The minimum Gasteiger partial charge on any atom is -0.258 e. The van der Waals surface area contributed by atoms with E-state index in [1.165, 1.54) is 23.0 Å². The van der Waals surface area contributed by atoms with Gasteiger partial charge in [0, 0.05) is 6.07 Å². The molecule has 2 rings (SSSR count). The van der Waals surface area contributed by atoms with Gasteiger partial charge in [0.2, 0.25) is 0 Å². The van der Waals surface area contributed by atoms with E-state index in [9.17, 15) is 14.5 Å². The van der Waals surface area contributed by atoms with E-state index < -0.39 is 10.7 Å². The highest BCUT2D eigenvalue weighted by Crippen LogP contribution is 2.19. The van der Waals surface area contributed by atoms with Crippen molar-refractivity contribution in [1.82, 2.24) is 15.0 Å². The summed E-state index contributed by atoms with van der Waals surface area (Å²) in [5, 5.41) is 17.8. The van der Waals surface area contributed by atoms with Gasteiger partial charge in [0.25, 0.3) is 5.69 Å². The summed E-state index contributed by atoms with van der Waals surface area (Å²) < 4.78 is 14.7. The van der Waals surface area contributed by atoms with Gasteiger partial charge in [-0.3, -0.25) is 10.1 Å². The summed E-state index contributed by atoms with van der Waals surface area (Å²) in [7, 11) is 0. The van der Waals surface area contributed by atoms with Crippen molar-refractivity contribution in [1.29, 1.82) is 0 Å². The number of nitro benzene ring substituents is 1. The number of nitrogens with zero attached hydrogens (tertiary/aromatic N) is 4. The topological polar surface area (TPSA) is 73.8 Å². The molecule has 0 bridgehead atoms. The first-order chi connectivity index (χ1) is 7.58. The summed E-state index contributed by atoms with van der Waals surface area (Å²) in [5.74, 6) is -0.709. The number of benzene rings is 1. The Hall–Kier alpha value is -2.31. The van der Waals surface area contributed by atoms with Crippen molar-refractivity contribution >= 4 is 5.69 Å². The number of non-ortho nitro benzene ring substituents is 1. The largest absolute Gasteiger partial charge is 0.272 e. The molecule has 0 aliphatic rings. The van der Waals surface area contributed by atoms with E-state index in [0.29, 0.717) is 5.69 Å². The Morgan fingerprint density at radius 2 is 2.25 bits per heavy atom. The fourth-order valence-electron chi connectivity index (χ4n) is 1.26. The monoisotopic (exact) mass is 222 g/mol. The summed E-state index contributed by atoms with van der Waals surface area (Å²) in [5.41, 5.74) is 0.474. The molecule has 0 saturated carbocycles. The fraction of sp³-hybridized carbons (Fsp3) is 0.111. The van der Waals surface area contributed by atoms with Crippen LogP contribution in [-0.4, -0.2) is 19.9 Å². The third-order valence-corrected chi connectivity index (χ3v) is 2.00. The Bertz CT molecular complexity index is 552. The number of nitro groups is 1. The third kappa shape index (κ3) is 1.74. The van der Waals surface area contributed by atoms with Crippen LogP contribution in [0.15, 0.2) is 24.4 Å². The molecule has 0 spiro atoms. The second kappa shape index (κ2) is 3.69. The van der Waals surface area contributed by atoms with Gasteiger partial charge in [0.15, 0.2) is 5.82 Å². The van der Waals surface area contributed by atoms with Crippen LogP contribution in [0.5, 0.6) is 0 Å². The Kier molecular flexibility index (Phi) is 2.35. The van der Waals surface area contributed by atoms with Crippen molar-refractivity contribution in [3.63, 3.8) is 0 Å². The maximum absolute atomic E-state index is 13.5. The molecule has 0 amide bonds. The van der Waals surface area contributed by atoms with Crippen LogP contribution in [0.4, 0.5) is 10.1 Å². The molecule has 0 aliphatic heterocycles. The van der Waals surface area contributed by atoms with Gasteiger partial charge in [0.1, 0.15) is 5.69 Å². The van der Waals surface area contributed by atoms with E-state index in [1.54, 1.807) is 6.92 Å². The molecule has 2 aromatic rings. The molecular formula is C9H7FN4O2. The smallest absolute Gasteiger partial charge is 0.258 e. The molecule has 0 radical (unpaired) electrons. The average molecular weight is 222 g/mol. The number of aryl methyl sites for hydroxylation is 1. The normalized spacial score (nSPS) is 10.4. The molecule has 0 saturated heterocycles. The van der Waals surface area contributed by atoms with Gasteiger partial charge in [0.05, 0.1) is 22.9 Å². The first kappa shape index (κ1) is 10.2. The summed E-state index contributed by atoms with van der Waals surface area (Å²) in [4.78, 5) is 9.76. The fourth-order valence-corrected chi connectivity index (χ4v) is 1.26. The predicted molar refractivity (Wildman–Crippen MR) is 52.7 cm³/mol. The number of halogens is 1. The second-order valence-corrected chi connectivity index (χ2v) is 3.20. The van der Waals surface area contributed by atoms with E-state index >= 15 is 0 Å². The molecular weight excluding hydrogens is 215 g/mol. The van der Waals surface area contributed by atoms with Crippen LogP contribution in [-0.2, 0) is 0 Å². The van der Waals surface area contributed by atoms with E-state index in [1.807, 2.05) is 0 Å². The standard InChI is InChI=1S/C9H7FN4O2/c1-6-5-13(12-11-6)9-3-2-7(14(15)16)4-8(9)10/h2-5H,1H3. The lowest BCUT2D eigenvalue weighted by Gasteiger charge is -2.01. The number of hydrogen-bond donors (Lipinski definition) is 0. The minimum atomic E-state index is -0.709. The zero-order valence-electron chi connectivity index (χ0n) is 8.29. The first-order valence-electron chi connectivity index (χ1n) is 4.41. The highest BCUT2D eigenvalue weighted by atomic mass is 19.1. The molecule has 1 aromatic heterocycles. The van der Waals surface area contributed by atoms with Crippen molar-refractivity contribution < 1.29 is 9.31 Å². The van der Waals surface area contributed by atoms with Gasteiger partial charge in [-0.1, -0.05) is 5.21 Å². The zero-order chi connectivity index (χ0) is 11.7. The molecule has 6 nitrogen and oxygen atoms in total. The quantitative estimate of drug-likeness (QED) is 0.571. The lowest BCUT2D eigenvalue weighted by molar-refractivity contribution is -0.385. The van der Waals surface area contributed by atoms with Gasteiger partial charge in [-0.15, -0.1) is 5.10 Å². The van der Waals surface area contributed by atoms with E-state index in [-0.39, 0.29) is 11.4 Å². The molecule has 0 N–H and O–H groups in total. The van der Waals surface area contributed by atoms with Crippen LogP contribution >= 0.6 is 0 Å². The van der Waals surface area contributed by atoms with E-state index in [2.05, 4.69) is 10.3 Å². The third-order valence-electron chi connectivity index (χ3n) is 2.00. The summed E-state index contributed by atoms with van der Waals surface area (Å²) in [6, 6.07) is 3.36. The van der Waals surface area contributed by atoms with Crippen molar-refractivity contribution in [3.05, 3.63) is 46.0 Å². The maximum atomic E-state index is 13.5. The molecule has 1 aromatic carbocycles. The Morgan fingerprint density at radius 3 is 2.75 bits per heavy atom. The number of rotatable bonds is 2. The van der Waals surface area contributed by atoms with E-state index in [4.69, 9.17) is 0 Å². The summed E-state index contributed by atoms with van der Waals surface area (Å²) in [6.45, 7) is 1.72. The Balaban J connectivity index is 2.47. The zero-order valence-corrected chi connectivity index (χ0v) is 8.29. The maximum Gasteiger partial charge on any atom is 0.272 e. The Morgan fingerprint density at radius 1 is 1.50 bits per heavy atom. The van der Waals surface area contributed by atoms with Crippen molar-refractivity contribution in [2.45, 2.75) is 6.92 Å². The highest BCUT2D eigenvalue weighted by Gasteiger charge is 2.12. The second-order valence-electron chi connectivity index (χ2n) is 3.20. The lowest BCUT2D eigenvalue weighted by atomic mass is 10.2. The first-order valence-corrected chi connectivity index (χ1v) is 4.41. The average Bonchev–Trinajstić information content (AvgIpc) is 2.64. The predicted octanol–water partition coefficient (Wildman–Crippen LogP) is 1.62. The molecule has 1 heterocycles. The molecule has 7 heteroatoms. The highest BCUT2D eigenvalue weighted by molar-refractivity contribution is 5.41. The van der Waals surface area contributed by atoms with Crippen molar-refractivity contribution in [2.24, 2.45) is 0 Å². The molecule has 0 fully saturated rings. The minimum absolute atomic E-state index is 0.131. The van der Waals surface area contributed by atoms with Crippen LogP contribution < -0.4 is 0 Å². The lowest BCUT2D eigenvalue weighted by Crippen LogP contribution is -1.99. The van der Waals surface area contributed by atoms with Gasteiger partial charge in [-0.2, -0.15) is 0 Å². The van der Waals surface area contributed by atoms with Crippen LogP contribution in [0.3, 0.4) is 0 Å². The van der Waals surface area contributed by atoms with Crippen molar-refractivity contribution in [2.75, 3.05) is 0 Å². The van der Waals surface area contributed by atoms with Gasteiger partial charge in [-0.25, -0.2) is 9.07 Å². The van der Waals surface area contributed by atoms with E-state index in [0.717, 1.165) is 6.07 Å². The molecule has 0 unspecified atom stereocenters. The van der Waals surface area contributed by atoms with Gasteiger partial charge >= 0.3 is 0 Å². The van der Waals surface area contributed by atoms with Gasteiger partial charge < -0.3 is 0 Å². The van der Waals surface area contributed by atoms with Gasteiger partial charge in [-0.05, 0) is 13.0 Å². The van der Waals surface area contributed by atoms with Crippen LogP contribution in [0.1, 0.15) is 5.69 Å². The summed E-state index contributed by atoms with van der Waals surface area (Å²) in [6.07, 6.45) is 1.53. The van der Waals surface area contributed by atoms with Crippen molar-refractivity contribution in [3.8, 4) is 5.69 Å². The molecule has 82 valence electrons. The van der Waals surface area contributed by atoms with Crippen LogP contribution in [0.25, 0.3) is 5.69 Å². The molecule has 0 aliphatic carbocycles. The number of hydrogen-bond acceptors (Lipinski definition) is 4. The van der Waals surface area contributed by atoms with Crippen LogP contribution in [0.2, 0.25) is 0 Å². The molecule has 0 atom stereocenters. The molecule has 16 heavy (non-hydrogen) atoms. The van der Waals surface area contributed by atoms with Crippen LogP contribution in [0, 0.1) is 22.9 Å². The SMILES string of the molecule is Cc1cn(-c2ccc([N+](=O)[O-])cc2F)nn1. The Labute approximate surface area is 89.5 Å².